The summed E-state index contributed by atoms with van der Waals surface area (Å²) in [6.07, 6.45) is 1.13. The van der Waals surface area contributed by atoms with Crippen LogP contribution in [0.15, 0.2) is 6.33 Å². The minimum atomic E-state index is -0.492. The zero-order chi connectivity index (χ0) is 13.2. The zero-order valence-corrected chi connectivity index (χ0v) is 10.9. The van der Waals surface area contributed by atoms with Gasteiger partial charge in [-0.2, -0.15) is 5.10 Å². The van der Waals surface area contributed by atoms with E-state index in [0.717, 1.165) is 6.54 Å². The van der Waals surface area contributed by atoms with E-state index in [4.69, 9.17) is 4.74 Å². The Labute approximate surface area is 106 Å². The van der Waals surface area contributed by atoms with Crippen molar-refractivity contribution >= 4 is 6.09 Å². The van der Waals surface area contributed by atoms with Crippen LogP contribution in [0, 0.1) is 0 Å². The first-order chi connectivity index (χ1) is 8.47. The van der Waals surface area contributed by atoms with Crippen molar-refractivity contribution in [1.29, 1.82) is 0 Å². The first-order valence-electron chi connectivity index (χ1n) is 6.03. The average Bonchev–Trinajstić information content (AvgIpc) is 2.80. The molecule has 7 heteroatoms. The second-order valence-electron chi connectivity index (χ2n) is 5.26. The quantitative estimate of drug-likeness (QED) is 0.769. The Hall–Kier alpha value is -1.63. The lowest BCUT2D eigenvalue weighted by Gasteiger charge is -2.35. The predicted octanol–water partition coefficient (Wildman–Crippen LogP) is 0.686. The number of carbonyl (C=O) groups excluding carboxylic acids is 1. The Morgan fingerprint density at radius 2 is 2.33 bits per heavy atom. The maximum Gasteiger partial charge on any atom is 0.411 e. The number of aromatic nitrogens is 3. The van der Waals surface area contributed by atoms with Gasteiger partial charge in [0, 0.05) is 19.6 Å². The number of rotatable bonds is 1. The number of aromatic amines is 1. The van der Waals surface area contributed by atoms with Gasteiger partial charge in [-0.05, 0) is 20.8 Å². The smallest absolute Gasteiger partial charge is 0.411 e. The third kappa shape index (κ3) is 2.98. The summed E-state index contributed by atoms with van der Waals surface area (Å²) >= 11 is 0. The van der Waals surface area contributed by atoms with Gasteiger partial charge < -0.3 is 10.1 Å². The molecule has 1 fully saturated rings. The Bertz CT molecular complexity index is 398. The summed E-state index contributed by atoms with van der Waals surface area (Å²) in [7, 11) is 0. The van der Waals surface area contributed by atoms with E-state index < -0.39 is 5.60 Å². The standard InChI is InChI=1S/C11H19N5O2/c1-11(2,3)18-10(17)16-5-4-12-6-8(16)9-13-7-14-15-9/h7-8,12H,4-6H2,1-3H3,(H,13,14,15). The molecular formula is C11H19N5O2. The van der Waals surface area contributed by atoms with E-state index >= 15 is 0 Å². The molecule has 7 nitrogen and oxygen atoms in total. The van der Waals surface area contributed by atoms with E-state index in [1.165, 1.54) is 6.33 Å². The molecule has 0 saturated carbocycles. The fourth-order valence-electron chi connectivity index (χ4n) is 1.86. The van der Waals surface area contributed by atoms with Crippen molar-refractivity contribution in [3.05, 3.63) is 12.2 Å². The van der Waals surface area contributed by atoms with E-state index in [-0.39, 0.29) is 12.1 Å². The molecule has 1 aliphatic heterocycles. The minimum absolute atomic E-state index is 0.156. The normalized spacial score (nSPS) is 20.8. The van der Waals surface area contributed by atoms with Crippen LogP contribution in [0.5, 0.6) is 0 Å². The lowest BCUT2D eigenvalue weighted by Crippen LogP contribution is -2.50. The number of piperazine rings is 1. The van der Waals surface area contributed by atoms with Crippen LogP contribution in [0.4, 0.5) is 4.79 Å². The second kappa shape index (κ2) is 4.93. The molecule has 2 heterocycles. The predicted molar refractivity (Wildman–Crippen MR) is 64.9 cm³/mol. The van der Waals surface area contributed by atoms with Crippen LogP contribution >= 0.6 is 0 Å². The van der Waals surface area contributed by atoms with Crippen molar-refractivity contribution in [3.63, 3.8) is 0 Å². The third-order valence-electron chi connectivity index (χ3n) is 2.62. The molecule has 1 aliphatic rings. The Morgan fingerprint density at radius 3 is 2.94 bits per heavy atom. The highest BCUT2D eigenvalue weighted by molar-refractivity contribution is 5.69. The number of amides is 1. The highest BCUT2D eigenvalue weighted by Crippen LogP contribution is 2.21. The second-order valence-corrected chi connectivity index (χ2v) is 5.26. The SMILES string of the molecule is CC(C)(C)OC(=O)N1CCNCC1c1ncn[nH]1. The first-order valence-corrected chi connectivity index (χ1v) is 6.03. The van der Waals surface area contributed by atoms with Gasteiger partial charge in [0.05, 0.1) is 0 Å². The van der Waals surface area contributed by atoms with Crippen LogP contribution in [-0.4, -0.2) is 51.4 Å². The maximum atomic E-state index is 12.1. The molecule has 100 valence electrons. The molecule has 0 aromatic carbocycles. The van der Waals surface area contributed by atoms with E-state index in [1.54, 1.807) is 4.90 Å². The Morgan fingerprint density at radius 1 is 1.56 bits per heavy atom. The first kappa shape index (κ1) is 12.8. The van der Waals surface area contributed by atoms with Crippen LogP contribution in [-0.2, 0) is 4.74 Å². The number of carbonyl (C=O) groups is 1. The van der Waals surface area contributed by atoms with E-state index in [0.29, 0.717) is 18.9 Å². The third-order valence-corrected chi connectivity index (χ3v) is 2.62. The summed E-state index contributed by atoms with van der Waals surface area (Å²) in [5.41, 5.74) is -0.492. The summed E-state index contributed by atoms with van der Waals surface area (Å²) in [6, 6.07) is -0.156. The molecule has 18 heavy (non-hydrogen) atoms. The summed E-state index contributed by atoms with van der Waals surface area (Å²) in [5, 5.41) is 9.86. The number of hydrogen-bond acceptors (Lipinski definition) is 5. The lowest BCUT2D eigenvalue weighted by molar-refractivity contribution is 0.0108. The molecule has 2 N–H and O–H groups in total. The summed E-state index contributed by atoms with van der Waals surface area (Å²) < 4.78 is 5.40. The van der Waals surface area contributed by atoms with Crippen LogP contribution in [0.3, 0.4) is 0 Å². The maximum absolute atomic E-state index is 12.1. The molecule has 1 aromatic heterocycles. The largest absolute Gasteiger partial charge is 0.444 e. The molecule has 0 radical (unpaired) electrons. The highest BCUT2D eigenvalue weighted by Gasteiger charge is 2.32. The van der Waals surface area contributed by atoms with Gasteiger partial charge in [0.15, 0.2) is 0 Å². The van der Waals surface area contributed by atoms with Gasteiger partial charge in [0.1, 0.15) is 23.8 Å². The molecule has 2 rings (SSSR count). The molecule has 1 aromatic rings. The fourth-order valence-corrected chi connectivity index (χ4v) is 1.86. The molecular weight excluding hydrogens is 234 g/mol. The summed E-state index contributed by atoms with van der Waals surface area (Å²) in [4.78, 5) is 17.9. The van der Waals surface area contributed by atoms with Gasteiger partial charge in [-0.3, -0.25) is 10.00 Å². The van der Waals surface area contributed by atoms with Crippen LogP contribution in [0.2, 0.25) is 0 Å². The molecule has 0 spiro atoms. The molecule has 0 bridgehead atoms. The van der Waals surface area contributed by atoms with E-state index in [2.05, 4.69) is 20.5 Å². The minimum Gasteiger partial charge on any atom is -0.444 e. The summed E-state index contributed by atoms with van der Waals surface area (Å²) in [5.74, 6) is 0.674. The van der Waals surface area contributed by atoms with Crippen LogP contribution in [0.1, 0.15) is 32.6 Å². The number of nitrogens with zero attached hydrogens (tertiary/aromatic N) is 3. The van der Waals surface area contributed by atoms with Gasteiger partial charge in [0.2, 0.25) is 0 Å². The lowest BCUT2D eigenvalue weighted by atomic mass is 10.2. The number of ether oxygens (including phenoxy) is 1. The Balaban J connectivity index is 2.11. The van der Waals surface area contributed by atoms with Crippen molar-refractivity contribution in [1.82, 2.24) is 25.4 Å². The number of nitrogens with one attached hydrogen (secondary N) is 2. The van der Waals surface area contributed by atoms with Crippen molar-refractivity contribution in [3.8, 4) is 0 Å². The molecule has 1 amide bonds. The zero-order valence-electron chi connectivity index (χ0n) is 10.9. The van der Waals surface area contributed by atoms with E-state index in [1.807, 2.05) is 20.8 Å². The van der Waals surface area contributed by atoms with Gasteiger partial charge in [0.25, 0.3) is 0 Å². The molecule has 0 aliphatic carbocycles. The number of hydrogen-bond donors (Lipinski definition) is 2. The van der Waals surface area contributed by atoms with Gasteiger partial charge >= 0.3 is 6.09 Å². The highest BCUT2D eigenvalue weighted by atomic mass is 16.6. The van der Waals surface area contributed by atoms with Gasteiger partial charge in [-0.25, -0.2) is 9.78 Å². The molecule has 1 unspecified atom stereocenters. The van der Waals surface area contributed by atoms with Crippen LogP contribution < -0.4 is 5.32 Å². The van der Waals surface area contributed by atoms with Gasteiger partial charge in [-0.15, -0.1) is 0 Å². The van der Waals surface area contributed by atoms with Crippen molar-refractivity contribution in [2.75, 3.05) is 19.6 Å². The van der Waals surface area contributed by atoms with Crippen molar-refractivity contribution in [2.45, 2.75) is 32.4 Å². The molecule has 1 saturated heterocycles. The van der Waals surface area contributed by atoms with Crippen LogP contribution in [0.25, 0.3) is 0 Å². The number of H-pyrrole nitrogens is 1. The Kier molecular flexibility index (Phi) is 3.51. The average molecular weight is 253 g/mol. The van der Waals surface area contributed by atoms with Crippen molar-refractivity contribution < 1.29 is 9.53 Å². The van der Waals surface area contributed by atoms with E-state index in [9.17, 15) is 4.79 Å². The van der Waals surface area contributed by atoms with Crippen molar-refractivity contribution in [2.24, 2.45) is 0 Å². The van der Waals surface area contributed by atoms with Gasteiger partial charge in [-0.1, -0.05) is 0 Å². The topological polar surface area (TPSA) is 83.1 Å². The molecule has 1 atom stereocenters. The fraction of sp³-hybridized carbons (Fsp3) is 0.727. The monoisotopic (exact) mass is 253 g/mol. The summed E-state index contributed by atoms with van der Waals surface area (Å²) in [6.45, 7) is 7.57.